The minimum atomic E-state index is -0.274. The van der Waals surface area contributed by atoms with Crippen molar-refractivity contribution in [2.45, 2.75) is 0 Å². The highest BCUT2D eigenvalue weighted by molar-refractivity contribution is 9.10. The second kappa shape index (κ2) is 9.49. The van der Waals surface area contributed by atoms with Gasteiger partial charge in [0.25, 0.3) is 0 Å². The van der Waals surface area contributed by atoms with Crippen LogP contribution in [0.3, 0.4) is 0 Å². The smallest absolute Gasteiger partial charge is 0.247 e. The number of nitrogens with zero attached hydrogens (tertiary/aromatic N) is 3. The number of fused-ring (bicyclic) bond motifs is 1. The molecule has 150 valence electrons. The van der Waals surface area contributed by atoms with E-state index in [0.717, 1.165) is 33.4 Å². The van der Waals surface area contributed by atoms with Crippen molar-refractivity contribution in [2.24, 2.45) is 0 Å². The number of amides is 1. The van der Waals surface area contributed by atoms with Crippen LogP contribution in [-0.2, 0) is 4.79 Å². The lowest BCUT2D eigenvalue weighted by Crippen LogP contribution is -2.19. The molecule has 0 atom stereocenters. The third kappa shape index (κ3) is 5.52. The molecule has 8 heteroatoms. The molecule has 1 heterocycles. The van der Waals surface area contributed by atoms with E-state index in [1.165, 1.54) is 12.4 Å². The molecular weight excluding hydrogens is 434 g/mol. The standard InChI is InChI=1S/C21H22BrN5O2/c1-4-20(28)25-14-5-7-18-16(11-14)21(24-13-23-18)26-15-6-8-19(17(22)12-15)29-10-9-27(2)3/h4-8,11-13H,1,9-10H2,2-3H3,(H,25,28)(H,23,24,26). The van der Waals surface area contributed by atoms with Gasteiger partial charge in [-0.25, -0.2) is 9.97 Å². The summed E-state index contributed by atoms with van der Waals surface area (Å²) in [6.07, 6.45) is 2.73. The van der Waals surface area contributed by atoms with Crippen molar-refractivity contribution in [3.8, 4) is 5.75 Å². The van der Waals surface area contributed by atoms with Crippen LogP contribution in [0.15, 0.2) is 59.9 Å². The van der Waals surface area contributed by atoms with Crippen molar-refractivity contribution in [3.05, 3.63) is 59.9 Å². The first-order valence-corrected chi connectivity index (χ1v) is 9.78. The fourth-order valence-electron chi connectivity index (χ4n) is 2.60. The third-order valence-corrected chi connectivity index (χ3v) is 4.70. The van der Waals surface area contributed by atoms with Crippen molar-refractivity contribution in [1.82, 2.24) is 14.9 Å². The van der Waals surface area contributed by atoms with Crippen molar-refractivity contribution in [1.29, 1.82) is 0 Å². The maximum absolute atomic E-state index is 11.6. The average molecular weight is 456 g/mol. The molecule has 1 aromatic heterocycles. The number of anilines is 3. The van der Waals surface area contributed by atoms with Crippen LogP contribution in [0.1, 0.15) is 0 Å². The molecule has 1 amide bonds. The molecular formula is C21H22BrN5O2. The highest BCUT2D eigenvalue weighted by Crippen LogP contribution is 2.31. The van der Waals surface area contributed by atoms with Gasteiger partial charge in [-0.1, -0.05) is 6.58 Å². The predicted molar refractivity (Wildman–Crippen MR) is 120 cm³/mol. The summed E-state index contributed by atoms with van der Waals surface area (Å²) >= 11 is 3.56. The zero-order valence-electron chi connectivity index (χ0n) is 16.3. The van der Waals surface area contributed by atoms with Crippen LogP contribution in [-0.4, -0.2) is 48.0 Å². The van der Waals surface area contributed by atoms with Crippen LogP contribution in [0.25, 0.3) is 10.9 Å². The zero-order chi connectivity index (χ0) is 20.8. The summed E-state index contributed by atoms with van der Waals surface area (Å²) < 4.78 is 6.64. The molecule has 2 aromatic carbocycles. The predicted octanol–water partition coefficient (Wildman–Crippen LogP) is 4.20. The first-order chi connectivity index (χ1) is 14.0. The van der Waals surface area contributed by atoms with Crippen molar-refractivity contribution in [3.63, 3.8) is 0 Å². The number of carbonyl (C=O) groups is 1. The summed E-state index contributed by atoms with van der Waals surface area (Å²) in [4.78, 5) is 22.3. The maximum atomic E-state index is 11.6. The maximum Gasteiger partial charge on any atom is 0.247 e. The van der Waals surface area contributed by atoms with Crippen molar-refractivity contribution >= 4 is 49.9 Å². The van der Waals surface area contributed by atoms with E-state index in [9.17, 15) is 4.79 Å². The van der Waals surface area contributed by atoms with Gasteiger partial charge in [-0.3, -0.25) is 4.79 Å². The lowest BCUT2D eigenvalue weighted by molar-refractivity contribution is -0.111. The average Bonchev–Trinajstić information content (AvgIpc) is 2.69. The Morgan fingerprint density at radius 3 is 2.72 bits per heavy atom. The van der Waals surface area contributed by atoms with Crippen LogP contribution in [0.4, 0.5) is 17.2 Å². The number of hydrogen-bond donors (Lipinski definition) is 2. The van der Waals surface area contributed by atoms with Crippen molar-refractivity contribution in [2.75, 3.05) is 37.9 Å². The lowest BCUT2D eigenvalue weighted by Gasteiger charge is -2.14. The highest BCUT2D eigenvalue weighted by atomic mass is 79.9. The number of benzene rings is 2. The molecule has 29 heavy (non-hydrogen) atoms. The van der Waals surface area contributed by atoms with Gasteiger partial charge in [0, 0.05) is 23.3 Å². The van der Waals surface area contributed by atoms with Gasteiger partial charge < -0.3 is 20.3 Å². The Hall–Kier alpha value is -2.97. The SMILES string of the molecule is C=CC(=O)Nc1ccc2ncnc(Nc3ccc(OCCN(C)C)c(Br)c3)c2c1. The van der Waals surface area contributed by atoms with Crippen LogP contribution in [0.5, 0.6) is 5.75 Å². The molecule has 3 rings (SSSR count). The summed E-state index contributed by atoms with van der Waals surface area (Å²) in [5.41, 5.74) is 2.25. The second-order valence-corrected chi connectivity index (χ2v) is 7.42. The zero-order valence-corrected chi connectivity index (χ0v) is 17.9. The largest absolute Gasteiger partial charge is 0.491 e. The number of halogens is 1. The highest BCUT2D eigenvalue weighted by Gasteiger charge is 2.09. The number of rotatable bonds is 8. The molecule has 0 fully saturated rings. The van der Waals surface area contributed by atoms with Gasteiger partial charge in [0.05, 0.1) is 9.99 Å². The summed E-state index contributed by atoms with van der Waals surface area (Å²) in [5.74, 6) is 1.14. The molecule has 0 radical (unpaired) electrons. The fraction of sp³-hybridized carbons (Fsp3) is 0.190. The number of ether oxygens (including phenoxy) is 1. The number of likely N-dealkylation sites (N-methyl/N-ethyl adjacent to an activating group) is 1. The van der Waals surface area contributed by atoms with Gasteiger partial charge in [0.2, 0.25) is 5.91 Å². The monoisotopic (exact) mass is 455 g/mol. The van der Waals surface area contributed by atoms with Gasteiger partial charge >= 0.3 is 0 Å². The summed E-state index contributed by atoms with van der Waals surface area (Å²) in [6, 6.07) is 11.2. The first kappa shape index (κ1) is 20.8. The third-order valence-electron chi connectivity index (χ3n) is 4.08. The minimum absolute atomic E-state index is 0.274. The van der Waals surface area contributed by atoms with Crippen LogP contribution < -0.4 is 15.4 Å². The van der Waals surface area contributed by atoms with E-state index in [-0.39, 0.29) is 5.91 Å². The van der Waals surface area contributed by atoms with E-state index in [2.05, 4.69) is 48.0 Å². The molecule has 0 unspecified atom stereocenters. The molecule has 7 nitrogen and oxygen atoms in total. The fourth-order valence-corrected chi connectivity index (χ4v) is 3.09. The molecule has 2 N–H and O–H groups in total. The Bertz CT molecular complexity index is 1040. The quantitative estimate of drug-likeness (QED) is 0.495. The normalized spacial score (nSPS) is 10.8. The van der Waals surface area contributed by atoms with Crippen LogP contribution >= 0.6 is 15.9 Å². The Balaban J connectivity index is 1.82. The number of carbonyl (C=O) groups excluding carboxylic acids is 1. The second-order valence-electron chi connectivity index (χ2n) is 6.57. The number of aromatic nitrogens is 2. The van der Waals surface area contributed by atoms with Gasteiger partial charge in [0.15, 0.2) is 0 Å². The molecule has 0 spiro atoms. The van der Waals surface area contributed by atoms with E-state index in [4.69, 9.17) is 4.74 Å². The molecule has 0 saturated carbocycles. The van der Waals surface area contributed by atoms with Crippen LogP contribution in [0, 0.1) is 0 Å². The Morgan fingerprint density at radius 1 is 1.21 bits per heavy atom. The van der Waals surface area contributed by atoms with E-state index in [1.807, 2.05) is 44.4 Å². The van der Waals surface area contributed by atoms with Gasteiger partial charge in [0.1, 0.15) is 24.5 Å². The topological polar surface area (TPSA) is 79.4 Å². The van der Waals surface area contributed by atoms with E-state index >= 15 is 0 Å². The Kier molecular flexibility index (Phi) is 6.79. The van der Waals surface area contributed by atoms with Gasteiger partial charge in [-0.05, 0) is 72.5 Å². The summed E-state index contributed by atoms with van der Waals surface area (Å²) in [6.45, 7) is 4.91. The molecule has 0 aliphatic heterocycles. The van der Waals surface area contributed by atoms with Crippen LogP contribution in [0.2, 0.25) is 0 Å². The van der Waals surface area contributed by atoms with E-state index in [0.29, 0.717) is 18.1 Å². The van der Waals surface area contributed by atoms with Crippen molar-refractivity contribution < 1.29 is 9.53 Å². The Labute approximate surface area is 177 Å². The van der Waals surface area contributed by atoms with Gasteiger partial charge in [-0.2, -0.15) is 0 Å². The molecule has 0 aliphatic rings. The number of nitrogens with one attached hydrogen (secondary N) is 2. The molecule has 0 bridgehead atoms. The summed E-state index contributed by atoms with van der Waals surface area (Å²) in [7, 11) is 4.01. The first-order valence-electron chi connectivity index (χ1n) is 8.98. The Morgan fingerprint density at radius 2 is 2.00 bits per heavy atom. The van der Waals surface area contributed by atoms with E-state index < -0.39 is 0 Å². The minimum Gasteiger partial charge on any atom is -0.491 e. The molecule has 0 aliphatic carbocycles. The number of hydrogen-bond acceptors (Lipinski definition) is 6. The molecule has 0 saturated heterocycles. The molecule has 3 aromatic rings. The summed E-state index contributed by atoms with van der Waals surface area (Å²) in [5, 5.41) is 6.85. The van der Waals surface area contributed by atoms with E-state index in [1.54, 1.807) is 6.07 Å². The van der Waals surface area contributed by atoms with Gasteiger partial charge in [-0.15, -0.1) is 0 Å². The lowest BCUT2D eigenvalue weighted by atomic mass is 10.2.